The number of urea groups is 1. The van der Waals surface area contributed by atoms with E-state index >= 15 is 0 Å². The third-order valence-corrected chi connectivity index (χ3v) is 4.96. The number of carbonyl (C=O) groups excluding carboxylic acids is 1. The Balaban J connectivity index is 1.50. The molecule has 0 radical (unpaired) electrons. The molecule has 2 saturated heterocycles. The molecule has 3 atom stereocenters. The van der Waals surface area contributed by atoms with Gasteiger partial charge in [0, 0.05) is 32.1 Å². The summed E-state index contributed by atoms with van der Waals surface area (Å²) in [5.74, 6) is 0.681. The number of hydrogen-bond donors (Lipinski definition) is 1. The van der Waals surface area contributed by atoms with Crippen molar-refractivity contribution in [2.75, 3.05) is 40.3 Å². The molecule has 132 valence electrons. The summed E-state index contributed by atoms with van der Waals surface area (Å²) in [5, 5.41) is 2.89. The van der Waals surface area contributed by atoms with E-state index in [-0.39, 0.29) is 18.0 Å². The van der Waals surface area contributed by atoms with Crippen LogP contribution in [-0.2, 0) is 11.3 Å². The number of hydrogen-bond acceptors (Lipinski definition) is 3. The largest absolute Gasteiger partial charge is 0.376 e. The van der Waals surface area contributed by atoms with Gasteiger partial charge in [-0.1, -0.05) is 12.1 Å². The van der Waals surface area contributed by atoms with Crippen molar-refractivity contribution in [2.45, 2.75) is 19.1 Å². The standard InChI is InChI=1S/C18H26FN3O2/c1-21(2)11-17-16-6-7-22(10-14(16)12-24-17)18(23)20-9-13-4-3-5-15(19)8-13/h3-5,8,14,16-17H,6-7,9-12H2,1-2H3,(H,20,23)/t14-,16-,17+/m0/s1. The number of amides is 2. The van der Waals surface area contributed by atoms with Gasteiger partial charge in [0.25, 0.3) is 0 Å². The summed E-state index contributed by atoms with van der Waals surface area (Å²) >= 11 is 0. The van der Waals surface area contributed by atoms with Gasteiger partial charge in [0.2, 0.25) is 0 Å². The summed E-state index contributed by atoms with van der Waals surface area (Å²) < 4.78 is 19.1. The molecule has 0 bridgehead atoms. The zero-order valence-corrected chi connectivity index (χ0v) is 14.4. The Kier molecular flexibility index (Phi) is 5.36. The van der Waals surface area contributed by atoms with Crippen molar-refractivity contribution in [3.8, 4) is 0 Å². The molecule has 1 aromatic carbocycles. The number of piperidine rings is 1. The van der Waals surface area contributed by atoms with Crippen LogP contribution in [0.5, 0.6) is 0 Å². The molecule has 0 spiro atoms. The Labute approximate surface area is 142 Å². The van der Waals surface area contributed by atoms with Gasteiger partial charge >= 0.3 is 6.03 Å². The molecule has 2 aliphatic heterocycles. The van der Waals surface area contributed by atoms with E-state index in [1.807, 2.05) is 11.0 Å². The van der Waals surface area contributed by atoms with Crippen LogP contribution < -0.4 is 5.32 Å². The molecule has 0 saturated carbocycles. The highest BCUT2D eigenvalue weighted by molar-refractivity contribution is 5.74. The third kappa shape index (κ3) is 4.05. The molecule has 2 aliphatic rings. The number of nitrogens with zero attached hydrogens (tertiary/aromatic N) is 2. The number of ether oxygens (including phenoxy) is 1. The molecule has 24 heavy (non-hydrogen) atoms. The molecule has 0 aromatic heterocycles. The number of halogens is 1. The highest BCUT2D eigenvalue weighted by atomic mass is 19.1. The zero-order valence-electron chi connectivity index (χ0n) is 14.4. The van der Waals surface area contributed by atoms with Crippen molar-refractivity contribution in [3.05, 3.63) is 35.6 Å². The number of nitrogens with one attached hydrogen (secondary N) is 1. The van der Waals surface area contributed by atoms with Crippen molar-refractivity contribution in [1.82, 2.24) is 15.1 Å². The van der Waals surface area contributed by atoms with Crippen molar-refractivity contribution in [1.29, 1.82) is 0 Å². The minimum atomic E-state index is -0.280. The van der Waals surface area contributed by atoms with Crippen LogP contribution in [0.2, 0.25) is 0 Å². The van der Waals surface area contributed by atoms with Gasteiger partial charge < -0.3 is 19.9 Å². The minimum Gasteiger partial charge on any atom is -0.376 e. The van der Waals surface area contributed by atoms with Crippen LogP contribution in [0.3, 0.4) is 0 Å². The number of likely N-dealkylation sites (tertiary alicyclic amines) is 1. The summed E-state index contributed by atoms with van der Waals surface area (Å²) in [6.07, 6.45) is 1.26. The van der Waals surface area contributed by atoms with Crippen molar-refractivity contribution < 1.29 is 13.9 Å². The van der Waals surface area contributed by atoms with E-state index in [0.29, 0.717) is 18.4 Å². The molecular weight excluding hydrogens is 309 g/mol. The van der Waals surface area contributed by atoms with Gasteiger partial charge in [0.05, 0.1) is 12.7 Å². The number of rotatable bonds is 4. The summed E-state index contributed by atoms with van der Waals surface area (Å²) in [4.78, 5) is 16.4. The molecule has 2 heterocycles. The molecule has 0 unspecified atom stereocenters. The van der Waals surface area contributed by atoms with Crippen molar-refractivity contribution in [2.24, 2.45) is 11.8 Å². The molecule has 0 aliphatic carbocycles. The Hall–Kier alpha value is -1.66. The fraction of sp³-hybridized carbons (Fsp3) is 0.611. The molecule has 1 aromatic rings. The van der Waals surface area contributed by atoms with Crippen LogP contribution in [0.4, 0.5) is 9.18 Å². The smallest absolute Gasteiger partial charge is 0.317 e. The lowest BCUT2D eigenvalue weighted by Crippen LogP contribution is -2.49. The van der Waals surface area contributed by atoms with Gasteiger partial charge in [-0.3, -0.25) is 0 Å². The number of carbonyl (C=O) groups is 1. The molecule has 2 fully saturated rings. The first-order valence-corrected chi connectivity index (χ1v) is 8.56. The van der Waals surface area contributed by atoms with Gasteiger partial charge in [-0.15, -0.1) is 0 Å². The van der Waals surface area contributed by atoms with E-state index in [9.17, 15) is 9.18 Å². The fourth-order valence-corrected chi connectivity index (χ4v) is 3.76. The molecule has 1 N–H and O–H groups in total. The fourth-order valence-electron chi connectivity index (χ4n) is 3.76. The van der Waals surface area contributed by atoms with E-state index < -0.39 is 0 Å². The highest BCUT2D eigenvalue weighted by Crippen LogP contribution is 2.34. The second-order valence-corrected chi connectivity index (χ2v) is 7.08. The lowest BCUT2D eigenvalue weighted by Gasteiger charge is -2.36. The van der Waals surface area contributed by atoms with Crippen LogP contribution >= 0.6 is 0 Å². The quantitative estimate of drug-likeness (QED) is 0.914. The van der Waals surface area contributed by atoms with Crippen LogP contribution in [0, 0.1) is 17.7 Å². The van der Waals surface area contributed by atoms with E-state index in [1.165, 1.54) is 12.1 Å². The summed E-state index contributed by atoms with van der Waals surface area (Å²) in [6.45, 7) is 3.51. The van der Waals surface area contributed by atoms with Crippen molar-refractivity contribution >= 4 is 6.03 Å². The van der Waals surface area contributed by atoms with Crippen LogP contribution in [0.25, 0.3) is 0 Å². The van der Waals surface area contributed by atoms with E-state index in [1.54, 1.807) is 6.07 Å². The van der Waals surface area contributed by atoms with Gasteiger partial charge in [-0.25, -0.2) is 9.18 Å². The normalized spacial score (nSPS) is 26.5. The van der Waals surface area contributed by atoms with Crippen molar-refractivity contribution in [3.63, 3.8) is 0 Å². The molecule has 6 heteroatoms. The first kappa shape index (κ1) is 17.2. The Morgan fingerprint density at radius 2 is 2.29 bits per heavy atom. The molecular formula is C18H26FN3O2. The predicted molar refractivity (Wildman–Crippen MR) is 90.1 cm³/mol. The monoisotopic (exact) mass is 335 g/mol. The number of benzene rings is 1. The topological polar surface area (TPSA) is 44.8 Å². The second-order valence-electron chi connectivity index (χ2n) is 7.08. The van der Waals surface area contributed by atoms with Gasteiger partial charge in [0.15, 0.2) is 0 Å². The molecule has 2 amide bonds. The SMILES string of the molecule is CN(C)C[C@H]1OC[C@@H]2CN(C(=O)NCc3cccc(F)c3)CC[C@@H]21. The van der Waals surface area contributed by atoms with Gasteiger partial charge in [0.1, 0.15) is 5.82 Å². The van der Waals surface area contributed by atoms with Crippen LogP contribution in [0.15, 0.2) is 24.3 Å². The highest BCUT2D eigenvalue weighted by Gasteiger charge is 2.41. The van der Waals surface area contributed by atoms with E-state index in [2.05, 4.69) is 24.3 Å². The Bertz CT molecular complexity index is 581. The lowest BCUT2D eigenvalue weighted by atomic mass is 9.84. The van der Waals surface area contributed by atoms with Crippen LogP contribution in [0.1, 0.15) is 12.0 Å². The maximum absolute atomic E-state index is 13.2. The average Bonchev–Trinajstić information content (AvgIpc) is 2.94. The zero-order chi connectivity index (χ0) is 17.1. The van der Waals surface area contributed by atoms with E-state index in [0.717, 1.165) is 38.2 Å². The van der Waals surface area contributed by atoms with Gasteiger partial charge in [-0.05, 0) is 44.1 Å². The maximum atomic E-state index is 13.2. The summed E-state index contributed by atoms with van der Waals surface area (Å²) in [5.41, 5.74) is 0.772. The second kappa shape index (κ2) is 7.49. The number of likely N-dealkylation sites (N-methyl/N-ethyl adjacent to an activating group) is 1. The Morgan fingerprint density at radius 1 is 1.46 bits per heavy atom. The Morgan fingerprint density at radius 3 is 3.04 bits per heavy atom. The summed E-state index contributed by atoms with van der Waals surface area (Å²) in [6, 6.07) is 6.24. The first-order valence-electron chi connectivity index (χ1n) is 8.56. The maximum Gasteiger partial charge on any atom is 0.317 e. The first-order chi connectivity index (χ1) is 11.5. The lowest BCUT2D eigenvalue weighted by molar-refractivity contribution is 0.0642. The predicted octanol–water partition coefficient (Wildman–Crippen LogP) is 1.93. The summed E-state index contributed by atoms with van der Waals surface area (Å²) in [7, 11) is 4.12. The van der Waals surface area contributed by atoms with E-state index in [4.69, 9.17) is 4.74 Å². The molecule has 3 rings (SSSR count). The average molecular weight is 335 g/mol. The molecule has 5 nitrogen and oxygen atoms in total. The minimum absolute atomic E-state index is 0.0752. The van der Waals surface area contributed by atoms with Crippen LogP contribution in [-0.4, -0.2) is 62.3 Å². The number of fused-ring (bicyclic) bond motifs is 1. The third-order valence-electron chi connectivity index (χ3n) is 4.96. The van der Waals surface area contributed by atoms with Gasteiger partial charge in [-0.2, -0.15) is 0 Å².